The summed E-state index contributed by atoms with van der Waals surface area (Å²) in [4.78, 5) is 4.57. The van der Waals surface area contributed by atoms with Crippen LogP contribution in [-0.2, 0) is 0 Å². The van der Waals surface area contributed by atoms with Crippen LogP contribution in [-0.4, -0.2) is 15.2 Å². The number of nitrogens with one attached hydrogen (secondary N) is 1. The Hall–Kier alpha value is -2.04. The molecule has 0 unspecified atom stereocenters. The van der Waals surface area contributed by atoms with E-state index in [9.17, 15) is 0 Å². The summed E-state index contributed by atoms with van der Waals surface area (Å²) < 4.78 is 0. The van der Waals surface area contributed by atoms with Crippen molar-refractivity contribution in [3.8, 4) is 11.4 Å². The number of rotatable bonds is 2. The van der Waals surface area contributed by atoms with E-state index >= 15 is 0 Å². The van der Waals surface area contributed by atoms with Crippen molar-refractivity contribution in [1.29, 1.82) is 0 Å². The smallest absolute Gasteiger partial charge is 0.181 e. The van der Waals surface area contributed by atoms with Crippen LogP contribution in [0, 0.1) is 0 Å². The van der Waals surface area contributed by atoms with E-state index in [0.29, 0.717) is 23.1 Å². The highest BCUT2D eigenvalue weighted by molar-refractivity contribution is 5.67. The summed E-state index contributed by atoms with van der Waals surface area (Å²) in [6.45, 7) is 0. The van der Waals surface area contributed by atoms with Crippen LogP contribution in [0.25, 0.3) is 11.4 Å². The summed E-state index contributed by atoms with van der Waals surface area (Å²) in [6, 6.07) is 5.42. The molecule has 5 nitrogen and oxygen atoms in total. The van der Waals surface area contributed by atoms with Crippen LogP contribution < -0.4 is 11.5 Å². The molecule has 94 valence electrons. The van der Waals surface area contributed by atoms with E-state index in [4.69, 9.17) is 11.5 Å². The molecule has 5 heteroatoms. The highest BCUT2D eigenvalue weighted by atomic mass is 15.2. The molecule has 3 rings (SSSR count). The van der Waals surface area contributed by atoms with Crippen molar-refractivity contribution >= 4 is 11.4 Å². The number of benzene rings is 1. The summed E-state index contributed by atoms with van der Waals surface area (Å²) in [7, 11) is 0. The Morgan fingerprint density at radius 1 is 1.06 bits per heavy atom. The van der Waals surface area contributed by atoms with Gasteiger partial charge in [-0.15, -0.1) is 0 Å². The molecule has 1 saturated carbocycles. The number of H-pyrrole nitrogens is 1. The first-order valence-electron chi connectivity index (χ1n) is 6.31. The van der Waals surface area contributed by atoms with Crippen molar-refractivity contribution in [2.75, 3.05) is 11.5 Å². The first kappa shape index (κ1) is 11.1. The van der Waals surface area contributed by atoms with Gasteiger partial charge in [0.2, 0.25) is 0 Å². The Bertz CT molecular complexity index is 534. The summed E-state index contributed by atoms with van der Waals surface area (Å²) >= 11 is 0. The highest BCUT2D eigenvalue weighted by Gasteiger charge is 2.20. The van der Waals surface area contributed by atoms with Crippen LogP contribution in [0.5, 0.6) is 0 Å². The lowest BCUT2D eigenvalue weighted by Gasteiger charge is -2.02. The van der Waals surface area contributed by atoms with Crippen LogP contribution >= 0.6 is 0 Å². The number of hydrogen-bond acceptors (Lipinski definition) is 4. The lowest BCUT2D eigenvalue weighted by molar-refractivity contribution is 0.672. The maximum atomic E-state index is 5.78. The van der Waals surface area contributed by atoms with Gasteiger partial charge in [0, 0.05) is 22.9 Å². The largest absolute Gasteiger partial charge is 0.399 e. The molecule has 1 aliphatic carbocycles. The summed E-state index contributed by atoms with van der Waals surface area (Å²) in [6.07, 6.45) is 4.97. The van der Waals surface area contributed by atoms with Gasteiger partial charge in [-0.25, -0.2) is 4.98 Å². The molecule has 1 aliphatic rings. The Balaban J connectivity index is 1.92. The van der Waals surface area contributed by atoms with Crippen LogP contribution in [0.3, 0.4) is 0 Å². The van der Waals surface area contributed by atoms with Crippen molar-refractivity contribution < 1.29 is 0 Å². The van der Waals surface area contributed by atoms with Gasteiger partial charge in [0.1, 0.15) is 5.82 Å². The van der Waals surface area contributed by atoms with Crippen molar-refractivity contribution in [2.45, 2.75) is 31.6 Å². The van der Waals surface area contributed by atoms with Gasteiger partial charge in [-0.2, -0.15) is 5.10 Å². The maximum Gasteiger partial charge on any atom is 0.181 e. The molecular weight excluding hydrogens is 226 g/mol. The third-order valence-electron chi connectivity index (χ3n) is 3.48. The second-order valence-electron chi connectivity index (χ2n) is 4.91. The van der Waals surface area contributed by atoms with Crippen LogP contribution in [0.4, 0.5) is 11.4 Å². The molecule has 5 N–H and O–H groups in total. The molecule has 0 saturated heterocycles. The van der Waals surface area contributed by atoms with Gasteiger partial charge in [0.25, 0.3) is 0 Å². The summed E-state index contributed by atoms with van der Waals surface area (Å²) in [5.74, 6) is 2.20. The van der Waals surface area contributed by atoms with E-state index in [1.807, 2.05) is 12.1 Å². The zero-order valence-corrected chi connectivity index (χ0v) is 10.2. The van der Waals surface area contributed by atoms with E-state index in [0.717, 1.165) is 11.4 Å². The van der Waals surface area contributed by atoms with Crippen molar-refractivity contribution in [1.82, 2.24) is 15.2 Å². The monoisotopic (exact) mass is 243 g/mol. The minimum absolute atomic E-state index is 0.532. The molecule has 0 aliphatic heterocycles. The number of nitrogen functional groups attached to an aromatic ring is 2. The number of anilines is 2. The summed E-state index contributed by atoms with van der Waals surface area (Å²) in [5.41, 5.74) is 13.7. The normalized spacial score (nSPS) is 16.2. The van der Waals surface area contributed by atoms with Gasteiger partial charge in [-0.3, -0.25) is 5.10 Å². The minimum atomic E-state index is 0.532. The zero-order valence-electron chi connectivity index (χ0n) is 10.2. The number of nitrogens with two attached hydrogens (primary N) is 2. The highest BCUT2D eigenvalue weighted by Crippen LogP contribution is 2.33. The molecule has 0 amide bonds. The summed E-state index contributed by atoms with van der Waals surface area (Å²) in [5, 5.41) is 7.31. The van der Waals surface area contributed by atoms with Crippen molar-refractivity contribution in [3.05, 3.63) is 24.0 Å². The average Bonchev–Trinajstić information content (AvgIpc) is 2.99. The topological polar surface area (TPSA) is 93.6 Å². The molecule has 18 heavy (non-hydrogen) atoms. The van der Waals surface area contributed by atoms with Crippen LogP contribution in [0.1, 0.15) is 37.4 Å². The lowest BCUT2D eigenvalue weighted by Crippen LogP contribution is -1.95. The second-order valence-corrected chi connectivity index (χ2v) is 4.91. The molecule has 1 aromatic heterocycles. The van der Waals surface area contributed by atoms with Gasteiger partial charge < -0.3 is 11.5 Å². The zero-order chi connectivity index (χ0) is 12.5. The molecule has 1 fully saturated rings. The van der Waals surface area contributed by atoms with Gasteiger partial charge in [-0.05, 0) is 31.0 Å². The molecule has 0 spiro atoms. The van der Waals surface area contributed by atoms with Gasteiger partial charge in [0.05, 0.1) is 0 Å². The number of nitrogens with zero attached hydrogens (tertiary/aromatic N) is 2. The Morgan fingerprint density at radius 3 is 2.39 bits per heavy atom. The van der Waals surface area contributed by atoms with E-state index in [2.05, 4.69) is 15.2 Å². The van der Waals surface area contributed by atoms with E-state index < -0.39 is 0 Å². The molecule has 1 heterocycles. The SMILES string of the molecule is Nc1cc(N)cc(-c2n[nH]c(C3CCCC3)n2)c1. The number of aromatic amines is 1. The fourth-order valence-corrected chi connectivity index (χ4v) is 2.59. The fourth-order valence-electron chi connectivity index (χ4n) is 2.59. The van der Waals surface area contributed by atoms with Crippen LogP contribution in [0.2, 0.25) is 0 Å². The van der Waals surface area contributed by atoms with Gasteiger partial charge in [0.15, 0.2) is 5.82 Å². The molecule has 2 aromatic rings. The van der Waals surface area contributed by atoms with Crippen molar-refractivity contribution in [2.24, 2.45) is 0 Å². The van der Waals surface area contributed by atoms with Crippen molar-refractivity contribution in [3.63, 3.8) is 0 Å². The quantitative estimate of drug-likeness (QED) is 0.705. The Morgan fingerprint density at radius 2 is 1.72 bits per heavy atom. The minimum Gasteiger partial charge on any atom is -0.399 e. The number of hydrogen-bond donors (Lipinski definition) is 3. The Kier molecular flexibility index (Phi) is 2.66. The van der Waals surface area contributed by atoms with Gasteiger partial charge >= 0.3 is 0 Å². The first-order chi connectivity index (χ1) is 8.72. The third kappa shape index (κ3) is 2.03. The first-order valence-corrected chi connectivity index (χ1v) is 6.31. The molecule has 0 bridgehead atoms. The molecule has 0 radical (unpaired) electrons. The molecule has 1 aromatic carbocycles. The third-order valence-corrected chi connectivity index (χ3v) is 3.48. The fraction of sp³-hybridized carbons (Fsp3) is 0.385. The maximum absolute atomic E-state index is 5.78. The van der Waals surface area contributed by atoms with E-state index in [1.165, 1.54) is 25.7 Å². The number of aromatic nitrogens is 3. The predicted molar refractivity (Wildman–Crippen MR) is 71.9 cm³/mol. The molecular formula is C13H17N5. The second kappa shape index (κ2) is 4.33. The van der Waals surface area contributed by atoms with Gasteiger partial charge in [-0.1, -0.05) is 12.8 Å². The Labute approximate surface area is 106 Å². The van der Waals surface area contributed by atoms with E-state index in [-0.39, 0.29) is 0 Å². The standard InChI is InChI=1S/C13H17N5/c14-10-5-9(6-11(15)7-10)13-16-12(17-18-13)8-3-1-2-4-8/h5-8H,1-4,14-15H2,(H,16,17,18). The predicted octanol–water partition coefficient (Wildman–Crippen LogP) is 2.29. The average molecular weight is 243 g/mol. The van der Waals surface area contributed by atoms with E-state index in [1.54, 1.807) is 6.07 Å². The van der Waals surface area contributed by atoms with Crippen LogP contribution in [0.15, 0.2) is 18.2 Å². The molecule has 0 atom stereocenters. The lowest BCUT2D eigenvalue weighted by atomic mass is 10.1.